The third kappa shape index (κ3) is 47.9. The molecule has 0 saturated carbocycles. The van der Waals surface area contributed by atoms with Crippen LogP contribution in [0.4, 0.5) is 0 Å². The quantitative estimate of drug-likeness (QED) is 0.0344. The number of rotatable bonds is 50. The second kappa shape index (κ2) is 48.9. The molecule has 0 aromatic heterocycles. The number of carbonyl (C=O) groups excluding carboxylic acids is 3. The Hall–Kier alpha value is -1.59. The average Bonchev–Trinajstić information content (AvgIpc) is 3.26. The van der Waals surface area contributed by atoms with Crippen LogP contribution in [0.1, 0.15) is 311 Å². The van der Waals surface area contributed by atoms with Crippen molar-refractivity contribution >= 4 is 17.9 Å². The first kappa shape index (κ1) is 60.4. The molecule has 0 heterocycles. The Kier molecular flexibility index (Phi) is 47.6. The van der Waals surface area contributed by atoms with Crippen molar-refractivity contribution in [1.29, 1.82) is 0 Å². The second-order valence-corrected chi connectivity index (χ2v) is 19.9. The molecule has 0 aliphatic carbocycles. The zero-order valence-corrected chi connectivity index (χ0v) is 42.5. The monoisotopic (exact) mass is 877 g/mol. The predicted molar refractivity (Wildman–Crippen MR) is 266 cm³/mol. The first-order chi connectivity index (χ1) is 30.3. The van der Waals surface area contributed by atoms with Crippen LogP contribution >= 0.6 is 0 Å². The third-order valence-corrected chi connectivity index (χ3v) is 13.1. The highest BCUT2D eigenvalue weighted by Crippen LogP contribution is 2.18. The number of hydrogen-bond donors (Lipinski definition) is 0. The van der Waals surface area contributed by atoms with Crippen LogP contribution in [0, 0.1) is 11.8 Å². The molecule has 0 aromatic carbocycles. The van der Waals surface area contributed by atoms with Crippen molar-refractivity contribution in [3.05, 3.63) is 0 Å². The van der Waals surface area contributed by atoms with Gasteiger partial charge in [0.25, 0.3) is 0 Å². The Morgan fingerprint density at radius 3 is 0.919 bits per heavy atom. The fourth-order valence-electron chi connectivity index (χ4n) is 8.49. The summed E-state index contributed by atoms with van der Waals surface area (Å²) in [4.78, 5) is 38.0. The van der Waals surface area contributed by atoms with Gasteiger partial charge in [0.15, 0.2) is 6.10 Å². The molecular formula is C56H108O6. The van der Waals surface area contributed by atoms with Gasteiger partial charge in [0.05, 0.1) is 0 Å². The normalized spacial score (nSPS) is 12.5. The van der Waals surface area contributed by atoms with E-state index in [4.69, 9.17) is 14.2 Å². The largest absolute Gasteiger partial charge is 0.462 e. The molecule has 0 amide bonds. The molecular weight excluding hydrogens is 769 g/mol. The Morgan fingerprint density at radius 2 is 0.613 bits per heavy atom. The zero-order valence-electron chi connectivity index (χ0n) is 42.5. The van der Waals surface area contributed by atoms with Gasteiger partial charge in [-0.3, -0.25) is 14.4 Å². The van der Waals surface area contributed by atoms with E-state index in [0.29, 0.717) is 19.3 Å². The molecule has 0 rings (SSSR count). The maximum atomic E-state index is 12.8. The average molecular weight is 877 g/mol. The van der Waals surface area contributed by atoms with E-state index in [9.17, 15) is 14.4 Å². The van der Waals surface area contributed by atoms with E-state index in [1.165, 1.54) is 199 Å². The Balaban J connectivity index is 4.26. The van der Waals surface area contributed by atoms with E-state index in [0.717, 1.165) is 69.6 Å². The Labute approximate surface area is 387 Å². The lowest BCUT2D eigenvalue weighted by Gasteiger charge is -2.18. The summed E-state index contributed by atoms with van der Waals surface area (Å²) in [5.41, 5.74) is 0. The number of ether oxygens (including phenoxy) is 3. The first-order valence-electron chi connectivity index (χ1n) is 27.8. The van der Waals surface area contributed by atoms with Gasteiger partial charge in [-0.25, -0.2) is 0 Å². The molecule has 0 bridgehead atoms. The molecule has 368 valence electrons. The van der Waals surface area contributed by atoms with Crippen LogP contribution in [0.15, 0.2) is 0 Å². The number of esters is 3. The molecule has 0 aliphatic rings. The number of hydrogen-bond acceptors (Lipinski definition) is 6. The van der Waals surface area contributed by atoms with Crippen LogP contribution in [-0.4, -0.2) is 37.2 Å². The standard InChI is InChI=1S/C56H108O6/c1-6-8-9-10-11-12-26-31-36-41-46-54(57)60-49-53(62-56(59)48-43-38-33-28-23-19-15-16-20-24-29-34-39-44-51(3)4)50-61-55(58)47-42-37-32-27-22-18-14-13-17-21-25-30-35-40-45-52(5)7-2/h51-53H,6-50H2,1-5H3/t52?,53-/m1/s1. The molecule has 2 atom stereocenters. The van der Waals surface area contributed by atoms with Gasteiger partial charge in [0, 0.05) is 19.3 Å². The number of carbonyl (C=O) groups is 3. The second-order valence-electron chi connectivity index (χ2n) is 19.9. The van der Waals surface area contributed by atoms with Gasteiger partial charge in [-0.15, -0.1) is 0 Å². The van der Waals surface area contributed by atoms with Gasteiger partial charge in [-0.05, 0) is 31.1 Å². The van der Waals surface area contributed by atoms with Crippen LogP contribution in [0.25, 0.3) is 0 Å². The van der Waals surface area contributed by atoms with Crippen LogP contribution in [0.3, 0.4) is 0 Å². The summed E-state index contributed by atoms with van der Waals surface area (Å²) < 4.78 is 16.8. The maximum absolute atomic E-state index is 12.8. The van der Waals surface area contributed by atoms with Gasteiger partial charge in [-0.1, -0.05) is 272 Å². The third-order valence-electron chi connectivity index (χ3n) is 13.1. The molecule has 6 heteroatoms. The zero-order chi connectivity index (χ0) is 45.4. The highest BCUT2D eigenvalue weighted by atomic mass is 16.6. The summed E-state index contributed by atoms with van der Waals surface area (Å²) in [6, 6.07) is 0. The van der Waals surface area contributed by atoms with E-state index >= 15 is 0 Å². The van der Waals surface area contributed by atoms with Crippen LogP contribution in [0.2, 0.25) is 0 Å². The van der Waals surface area contributed by atoms with E-state index in [-0.39, 0.29) is 31.1 Å². The molecule has 0 fully saturated rings. The summed E-state index contributed by atoms with van der Waals surface area (Å²) in [5, 5.41) is 0. The molecule has 0 aliphatic heterocycles. The molecule has 0 radical (unpaired) electrons. The molecule has 62 heavy (non-hydrogen) atoms. The fraction of sp³-hybridized carbons (Fsp3) is 0.946. The van der Waals surface area contributed by atoms with Crippen molar-refractivity contribution in [2.24, 2.45) is 11.8 Å². The summed E-state index contributed by atoms with van der Waals surface area (Å²) in [6.07, 6.45) is 50.8. The lowest BCUT2D eigenvalue weighted by molar-refractivity contribution is -0.167. The SMILES string of the molecule is CCCCCCCCCCCCC(=O)OC[C@H](COC(=O)CCCCCCCCCCCCCCCCC(C)CC)OC(=O)CCCCCCCCCCCCCCCC(C)C. The predicted octanol–water partition coefficient (Wildman–Crippen LogP) is 18.1. The van der Waals surface area contributed by atoms with Crippen molar-refractivity contribution < 1.29 is 28.6 Å². The van der Waals surface area contributed by atoms with Crippen molar-refractivity contribution in [3.63, 3.8) is 0 Å². The topological polar surface area (TPSA) is 78.9 Å². The molecule has 0 saturated heterocycles. The van der Waals surface area contributed by atoms with E-state index < -0.39 is 6.10 Å². The lowest BCUT2D eigenvalue weighted by Crippen LogP contribution is -2.30. The summed E-state index contributed by atoms with van der Waals surface area (Å²) in [6.45, 7) is 11.4. The highest BCUT2D eigenvalue weighted by molar-refractivity contribution is 5.71. The smallest absolute Gasteiger partial charge is 0.306 e. The molecule has 0 spiro atoms. The van der Waals surface area contributed by atoms with Gasteiger partial charge < -0.3 is 14.2 Å². The van der Waals surface area contributed by atoms with Gasteiger partial charge >= 0.3 is 17.9 Å². The van der Waals surface area contributed by atoms with Gasteiger partial charge in [0.2, 0.25) is 0 Å². The Morgan fingerprint density at radius 1 is 0.339 bits per heavy atom. The minimum absolute atomic E-state index is 0.0630. The van der Waals surface area contributed by atoms with Crippen LogP contribution < -0.4 is 0 Å². The van der Waals surface area contributed by atoms with Gasteiger partial charge in [0.1, 0.15) is 13.2 Å². The lowest BCUT2D eigenvalue weighted by atomic mass is 9.99. The van der Waals surface area contributed by atoms with Crippen LogP contribution in [0.5, 0.6) is 0 Å². The van der Waals surface area contributed by atoms with Crippen molar-refractivity contribution in [3.8, 4) is 0 Å². The maximum Gasteiger partial charge on any atom is 0.306 e. The minimum atomic E-state index is -0.761. The van der Waals surface area contributed by atoms with E-state index in [1.54, 1.807) is 0 Å². The highest BCUT2D eigenvalue weighted by Gasteiger charge is 2.19. The molecule has 0 N–H and O–H groups in total. The summed E-state index contributed by atoms with van der Waals surface area (Å²) >= 11 is 0. The summed E-state index contributed by atoms with van der Waals surface area (Å²) in [5.74, 6) is 0.890. The minimum Gasteiger partial charge on any atom is -0.462 e. The van der Waals surface area contributed by atoms with Crippen molar-refractivity contribution in [2.45, 2.75) is 317 Å². The van der Waals surface area contributed by atoms with Crippen LogP contribution in [-0.2, 0) is 28.6 Å². The van der Waals surface area contributed by atoms with Gasteiger partial charge in [-0.2, -0.15) is 0 Å². The fourth-order valence-corrected chi connectivity index (χ4v) is 8.49. The first-order valence-corrected chi connectivity index (χ1v) is 27.8. The number of unbranched alkanes of at least 4 members (excludes halogenated alkanes) is 34. The summed E-state index contributed by atoms with van der Waals surface area (Å²) in [7, 11) is 0. The molecule has 6 nitrogen and oxygen atoms in total. The van der Waals surface area contributed by atoms with Crippen molar-refractivity contribution in [2.75, 3.05) is 13.2 Å². The van der Waals surface area contributed by atoms with Crippen molar-refractivity contribution in [1.82, 2.24) is 0 Å². The Bertz CT molecular complexity index is 949. The van der Waals surface area contributed by atoms with E-state index in [2.05, 4.69) is 34.6 Å². The molecule has 1 unspecified atom stereocenters. The van der Waals surface area contributed by atoms with E-state index in [1.807, 2.05) is 0 Å². The molecule has 0 aromatic rings.